The molecule has 0 N–H and O–H groups in total. The molecule has 2 aliphatic rings. The van der Waals surface area contributed by atoms with Gasteiger partial charge in [-0.05, 0) is 50.4 Å². The van der Waals surface area contributed by atoms with E-state index >= 15 is 0 Å². The lowest BCUT2D eigenvalue weighted by Crippen LogP contribution is -2.30. The molecule has 0 bridgehead atoms. The summed E-state index contributed by atoms with van der Waals surface area (Å²) in [7, 11) is 0. The van der Waals surface area contributed by atoms with E-state index in [1.165, 1.54) is 37.7 Å². The Morgan fingerprint density at radius 2 is 2.14 bits per heavy atom. The molecule has 0 nitrogen and oxygen atoms in total. The van der Waals surface area contributed by atoms with Crippen LogP contribution in [-0.4, -0.2) is 0 Å². The second-order valence-electron chi connectivity index (χ2n) is 5.10. The first-order valence-corrected chi connectivity index (χ1v) is 6.07. The van der Waals surface area contributed by atoms with Gasteiger partial charge in [-0.15, -0.1) is 0 Å². The van der Waals surface area contributed by atoms with Crippen LogP contribution in [0.4, 0.5) is 0 Å². The Balaban J connectivity index is 2.22. The summed E-state index contributed by atoms with van der Waals surface area (Å²) in [4.78, 5) is 0. The van der Waals surface area contributed by atoms with Gasteiger partial charge in [0.25, 0.3) is 0 Å². The minimum absolute atomic E-state index is 0.817. The van der Waals surface area contributed by atoms with Crippen LogP contribution >= 0.6 is 0 Å². The summed E-state index contributed by atoms with van der Waals surface area (Å²) < 4.78 is 0. The number of rotatable bonds is 1. The van der Waals surface area contributed by atoms with Crippen molar-refractivity contribution < 1.29 is 0 Å². The van der Waals surface area contributed by atoms with Crippen molar-refractivity contribution in [2.75, 3.05) is 0 Å². The third-order valence-corrected chi connectivity index (χ3v) is 4.22. The Bertz CT molecular complexity index is 259. The lowest BCUT2D eigenvalue weighted by Gasteiger charge is -2.41. The van der Waals surface area contributed by atoms with Crippen LogP contribution in [0.3, 0.4) is 0 Å². The first kappa shape index (κ1) is 10.0. The van der Waals surface area contributed by atoms with Gasteiger partial charge in [-0.25, -0.2) is 0 Å². The van der Waals surface area contributed by atoms with E-state index in [0.29, 0.717) is 0 Å². The van der Waals surface area contributed by atoms with Crippen molar-refractivity contribution in [2.45, 2.75) is 46.0 Å². The van der Waals surface area contributed by atoms with Crippen LogP contribution in [-0.2, 0) is 0 Å². The summed E-state index contributed by atoms with van der Waals surface area (Å²) in [6, 6.07) is 0. The molecule has 0 aliphatic heterocycles. The summed E-state index contributed by atoms with van der Waals surface area (Å²) in [5, 5.41) is 0. The third kappa shape index (κ3) is 1.67. The van der Waals surface area contributed by atoms with Crippen molar-refractivity contribution in [3.8, 4) is 0 Å². The molecule has 3 atom stereocenters. The second kappa shape index (κ2) is 3.92. The van der Waals surface area contributed by atoms with E-state index in [9.17, 15) is 0 Å². The van der Waals surface area contributed by atoms with Crippen LogP contribution in [0, 0.1) is 17.8 Å². The molecule has 78 valence electrons. The van der Waals surface area contributed by atoms with E-state index in [4.69, 9.17) is 0 Å². The van der Waals surface area contributed by atoms with E-state index in [1.54, 1.807) is 5.57 Å². The van der Waals surface area contributed by atoms with Gasteiger partial charge in [-0.1, -0.05) is 37.1 Å². The molecule has 0 heteroatoms. The van der Waals surface area contributed by atoms with Crippen molar-refractivity contribution in [1.82, 2.24) is 0 Å². The zero-order valence-corrected chi connectivity index (χ0v) is 9.55. The summed E-state index contributed by atoms with van der Waals surface area (Å²) in [6.07, 6.45) is 9.22. The predicted octanol–water partition coefficient (Wildman–Crippen LogP) is 4.34. The van der Waals surface area contributed by atoms with Crippen molar-refractivity contribution in [1.29, 1.82) is 0 Å². The highest BCUT2D eigenvalue weighted by Gasteiger charge is 2.34. The van der Waals surface area contributed by atoms with Crippen LogP contribution in [0.25, 0.3) is 0 Å². The molecule has 0 aromatic rings. The fourth-order valence-electron chi connectivity index (χ4n) is 3.27. The highest BCUT2D eigenvalue weighted by Crippen LogP contribution is 2.45. The van der Waals surface area contributed by atoms with E-state index in [-0.39, 0.29) is 0 Å². The highest BCUT2D eigenvalue weighted by molar-refractivity contribution is 5.18. The molecule has 2 aliphatic carbocycles. The molecule has 0 amide bonds. The van der Waals surface area contributed by atoms with Gasteiger partial charge in [0, 0.05) is 0 Å². The molecule has 0 saturated heterocycles. The molecule has 0 aromatic heterocycles. The Kier molecular flexibility index (Phi) is 2.80. The molecule has 0 unspecified atom stereocenters. The Morgan fingerprint density at radius 1 is 1.36 bits per heavy atom. The van der Waals surface area contributed by atoms with Gasteiger partial charge in [-0.3, -0.25) is 0 Å². The van der Waals surface area contributed by atoms with Crippen molar-refractivity contribution in [2.24, 2.45) is 17.8 Å². The van der Waals surface area contributed by atoms with E-state index in [0.717, 1.165) is 17.8 Å². The summed E-state index contributed by atoms with van der Waals surface area (Å²) in [6.45, 7) is 8.90. The fraction of sp³-hybridized carbons (Fsp3) is 0.714. The van der Waals surface area contributed by atoms with Gasteiger partial charge >= 0.3 is 0 Å². The lowest BCUT2D eigenvalue weighted by atomic mass is 9.64. The smallest absolute Gasteiger partial charge is 0.0137 e. The maximum atomic E-state index is 4.26. The molecule has 0 heterocycles. The first-order chi connectivity index (χ1) is 6.72. The summed E-state index contributed by atoms with van der Waals surface area (Å²) in [5.41, 5.74) is 3.14. The molecule has 0 aromatic carbocycles. The van der Waals surface area contributed by atoms with Gasteiger partial charge in [-0.2, -0.15) is 0 Å². The SMILES string of the molecule is C=C1CC[C@@H](CC)[C@H]2C=C(C)CC[C@@H]12. The number of fused-ring (bicyclic) bond motifs is 1. The third-order valence-electron chi connectivity index (χ3n) is 4.22. The fourth-order valence-corrected chi connectivity index (χ4v) is 3.27. The standard InChI is InChI=1S/C14H22/c1-4-12-7-6-11(3)13-8-5-10(2)9-14(12)13/h9,12-14H,3-8H2,1-2H3/t12-,13+,14-/m1/s1. The topological polar surface area (TPSA) is 0 Å². The second-order valence-corrected chi connectivity index (χ2v) is 5.10. The number of allylic oxidation sites excluding steroid dienone is 3. The first-order valence-electron chi connectivity index (χ1n) is 6.07. The molecule has 1 saturated carbocycles. The Labute approximate surface area is 88.1 Å². The van der Waals surface area contributed by atoms with Gasteiger partial charge in [0.2, 0.25) is 0 Å². The zero-order chi connectivity index (χ0) is 10.1. The van der Waals surface area contributed by atoms with Crippen molar-refractivity contribution >= 4 is 0 Å². The van der Waals surface area contributed by atoms with Crippen LogP contribution in [0.5, 0.6) is 0 Å². The van der Waals surface area contributed by atoms with Crippen LogP contribution in [0.1, 0.15) is 46.0 Å². The van der Waals surface area contributed by atoms with Crippen molar-refractivity contribution in [3.05, 3.63) is 23.8 Å². The van der Waals surface area contributed by atoms with Crippen LogP contribution in [0.15, 0.2) is 23.8 Å². The van der Waals surface area contributed by atoms with Gasteiger partial charge < -0.3 is 0 Å². The summed E-state index contributed by atoms with van der Waals surface area (Å²) >= 11 is 0. The largest absolute Gasteiger partial charge is 0.0996 e. The average molecular weight is 190 g/mol. The Hall–Kier alpha value is -0.520. The zero-order valence-electron chi connectivity index (χ0n) is 9.55. The van der Waals surface area contributed by atoms with Gasteiger partial charge in [0.1, 0.15) is 0 Å². The van der Waals surface area contributed by atoms with E-state index in [2.05, 4.69) is 26.5 Å². The average Bonchev–Trinajstić information content (AvgIpc) is 2.18. The molecular weight excluding hydrogens is 168 g/mol. The van der Waals surface area contributed by atoms with E-state index < -0.39 is 0 Å². The molecular formula is C14H22. The number of hydrogen-bond acceptors (Lipinski definition) is 0. The normalized spacial score (nSPS) is 37.7. The van der Waals surface area contributed by atoms with E-state index in [1.807, 2.05) is 0 Å². The Morgan fingerprint density at radius 3 is 2.86 bits per heavy atom. The molecule has 14 heavy (non-hydrogen) atoms. The quantitative estimate of drug-likeness (QED) is 0.540. The van der Waals surface area contributed by atoms with Crippen LogP contribution in [0.2, 0.25) is 0 Å². The van der Waals surface area contributed by atoms with Gasteiger partial charge in [0.05, 0.1) is 0 Å². The minimum atomic E-state index is 0.817. The molecule has 1 fully saturated rings. The van der Waals surface area contributed by atoms with Crippen LogP contribution < -0.4 is 0 Å². The molecule has 0 spiro atoms. The minimum Gasteiger partial charge on any atom is -0.0996 e. The molecule has 2 rings (SSSR count). The molecule has 0 radical (unpaired) electrons. The van der Waals surface area contributed by atoms with Gasteiger partial charge in [0.15, 0.2) is 0 Å². The lowest BCUT2D eigenvalue weighted by molar-refractivity contribution is 0.223. The predicted molar refractivity (Wildman–Crippen MR) is 62.1 cm³/mol. The number of hydrogen-bond donors (Lipinski definition) is 0. The maximum absolute atomic E-state index is 4.26. The highest BCUT2D eigenvalue weighted by atomic mass is 14.4. The maximum Gasteiger partial charge on any atom is -0.0137 e. The summed E-state index contributed by atoms with van der Waals surface area (Å²) in [5.74, 6) is 2.58. The van der Waals surface area contributed by atoms with Crippen molar-refractivity contribution in [3.63, 3.8) is 0 Å². The monoisotopic (exact) mass is 190 g/mol.